The van der Waals surface area contributed by atoms with Crippen LogP contribution in [0.2, 0.25) is 10.0 Å². The van der Waals surface area contributed by atoms with Gasteiger partial charge in [0.1, 0.15) is 0 Å². The van der Waals surface area contributed by atoms with Gasteiger partial charge in [-0.2, -0.15) is 0 Å². The molecule has 1 aromatic carbocycles. The average molecular weight is 327 g/mol. The molecular formula is C17H24Cl2N2. The van der Waals surface area contributed by atoms with E-state index in [4.69, 9.17) is 23.2 Å². The van der Waals surface area contributed by atoms with Crippen LogP contribution in [0.15, 0.2) is 18.2 Å². The Kier molecular flexibility index (Phi) is 5.11. The van der Waals surface area contributed by atoms with Crippen molar-refractivity contribution in [3.05, 3.63) is 33.8 Å². The molecule has 21 heavy (non-hydrogen) atoms. The third-order valence-corrected chi connectivity index (χ3v) is 5.46. The van der Waals surface area contributed by atoms with Crippen molar-refractivity contribution >= 4 is 23.2 Å². The van der Waals surface area contributed by atoms with Crippen molar-refractivity contribution in [3.63, 3.8) is 0 Å². The SMILES string of the molecule is CN1CCCCC(CNC2CC2)C1c1c(Cl)cccc1Cl. The maximum atomic E-state index is 6.49. The van der Waals surface area contributed by atoms with Gasteiger partial charge in [0.25, 0.3) is 0 Å². The monoisotopic (exact) mass is 326 g/mol. The van der Waals surface area contributed by atoms with Crippen molar-refractivity contribution in [3.8, 4) is 0 Å². The summed E-state index contributed by atoms with van der Waals surface area (Å²) >= 11 is 13.0. The minimum absolute atomic E-state index is 0.319. The van der Waals surface area contributed by atoms with Gasteiger partial charge in [-0.15, -0.1) is 0 Å². The lowest BCUT2D eigenvalue weighted by atomic mass is 9.89. The summed E-state index contributed by atoms with van der Waals surface area (Å²) in [6.45, 7) is 2.19. The zero-order valence-electron chi connectivity index (χ0n) is 12.6. The van der Waals surface area contributed by atoms with Crippen LogP contribution in [-0.4, -0.2) is 31.1 Å². The van der Waals surface area contributed by atoms with Gasteiger partial charge in [-0.05, 0) is 57.3 Å². The average Bonchev–Trinajstić information content (AvgIpc) is 3.27. The first kappa shape index (κ1) is 15.6. The number of nitrogens with zero attached hydrogens (tertiary/aromatic N) is 1. The summed E-state index contributed by atoms with van der Waals surface area (Å²) in [4.78, 5) is 2.44. The summed E-state index contributed by atoms with van der Waals surface area (Å²) in [5.41, 5.74) is 1.12. The Balaban J connectivity index is 1.87. The van der Waals surface area contributed by atoms with Crippen LogP contribution in [0.3, 0.4) is 0 Å². The number of nitrogens with one attached hydrogen (secondary N) is 1. The molecular weight excluding hydrogens is 303 g/mol. The molecule has 0 aromatic heterocycles. The Labute approximate surface area is 137 Å². The Morgan fingerprint density at radius 3 is 2.52 bits per heavy atom. The quantitative estimate of drug-likeness (QED) is 0.875. The lowest BCUT2D eigenvalue weighted by molar-refractivity contribution is 0.189. The summed E-state index contributed by atoms with van der Waals surface area (Å²) in [6.07, 6.45) is 6.46. The molecule has 2 nitrogen and oxygen atoms in total. The standard InChI is InChI=1S/C17H24Cl2N2/c1-21-10-3-2-5-12(11-20-13-8-9-13)17(21)16-14(18)6-4-7-15(16)19/h4,6-7,12-13,17,20H,2-3,5,8-11H2,1H3. The predicted octanol–water partition coefficient (Wildman–Crippen LogP) is 4.52. The maximum Gasteiger partial charge on any atom is 0.0468 e. The minimum atomic E-state index is 0.319. The summed E-state index contributed by atoms with van der Waals surface area (Å²) in [6, 6.07) is 6.93. The topological polar surface area (TPSA) is 15.3 Å². The highest BCUT2D eigenvalue weighted by Crippen LogP contribution is 2.41. The highest BCUT2D eigenvalue weighted by Gasteiger charge is 2.33. The zero-order chi connectivity index (χ0) is 14.8. The van der Waals surface area contributed by atoms with E-state index in [2.05, 4.69) is 17.3 Å². The van der Waals surface area contributed by atoms with Crippen molar-refractivity contribution in [1.29, 1.82) is 0 Å². The molecule has 1 aliphatic heterocycles. The number of hydrogen-bond acceptors (Lipinski definition) is 2. The molecule has 1 N–H and O–H groups in total. The molecule has 1 aromatic rings. The van der Waals surface area contributed by atoms with Crippen LogP contribution >= 0.6 is 23.2 Å². The molecule has 2 aliphatic rings. The molecule has 0 radical (unpaired) electrons. The molecule has 0 bridgehead atoms. The van der Waals surface area contributed by atoms with Gasteiger partial charge < -0.3 is 5.32 Å². The first-order chi connectivity index (χ1) is 10.2. The minimum Gasteiger partial charge on any atom is -0.314 e. The van der Waals surface area contributed by atoms with E-state index < -0.39 is 0 Å². The summed E-state index contributed by atoms with van der Waals surface area (Å²) in [5.74, 6) is 0.579. The Morgan fingerprint density at radius 1 is 1.14 bits per heavy atom. The largest absolute Gasteiger partial charge is 0.314 e. The molecule has 1 heterocycles. The molecule has 1 saturated heterocycles. The summed E-state index contributed by atoms with van der Waals surface area (Å²) in [5, 5.41) is 5.31. The highest BCUT2D eigenvalue weighted by atomic mass is 35.5. The van der Waals surface area contributed by atoms with E-state index in [9.17, 15) is 0 Å². The number of halogens is 2. The van der Waals surface area contributed by atoms with Crippen molar-refractivity contribution in [1.82, 2.24) is 10.2 Å². The van der Waals surface area contributed by atoms with E-state index in [0.717, 1.165) is 34.7 Å². The Morgan fingerprint density at radius 2 is 1.86 bits per heavy atom. The van der Waals surface area contributed by atoms with Gasteiger partial charge in [-0.25, -0.2) is 0 Å². The van der Waals surface area contributed by atoms with Crippen LogP contribution in [0, 0.1) is 5.92 Å². The normalized spacial score (nSPS) is 27.6. The first-order valence-corrected chi connectivity index (χ1v) is 8.80. The lowest BCUT2D eigenvalue weighted by Gasteiger charge is -2.34. The molecule has 1 aliphatic carbocycles. The molecule has 116 valence electrons. The van der Waals surface area contributed by atoms with Gasteiger partial charge in [-0.1, -0.05) is 35.7 Å². The Bertz CT molecular complexity index is 467. The van der Waals surface area contributed by atoms with E-state index in [-0.39, 0.29) is 0 Å². The molecule has 0 amide bonds. The smallest absolute Gasteiger partial charge is 0.0468 e. The number of rotatable bonds is 4. The summed E-state index contributed by atoms with van der Waals surface area (Å²) in [7, 11) is 2.21. The van der Waals surface area contributed by atoms with Crippen LogP contribution in [0.4, 0.5) is 0 Å². The number of hydrogen-bond donors (Lipinski definition) is 1. The van der Waals surface area contributed by atoms with Gasteiger partial charge >= 0.3 is 0 Å². The highest BCUT2D eigenvalue weighted by molar-refractivity contribution is 6.36. The van der Waals surface area contributed by atoms with E-state index in [1.807, 2.05) is 18.2 Å². The van der Waals surface area contributed by atoms with E-state index >= 15 is 0 Å². The molecule has 1 saturated carbocycles. The van der Waals surface area contributed by atoms with Gasteiger partial charge in [-0.3, -0.25) is 4.90 Å². The van der Waals surface area contributed by atoms with E-state index in [1.165, 1.54) is 32.1 Å². The van der Waals surface area contributed by atoms with Crippen molar-refractivity contribution < 1.29 is 0 Å². The van der Waals surface area contributed by atoms with Crippen LogP contribution in [0.25, 0.3) is 0 Å². The fraction of sp³-hybridized carbons (Fsp3) is 0.647. The van der Waals surface area contributed by atoms with Crippen LogP contribution < -0.4 is 5.32 Å². The molecule has 2 fully saturated rings. The van der Waals surface area contributed by atoms with Gasteiger partial charge in [0.2, 0.25) is 0 Å². The van der Waals surface area contributed by atoms with Crippen molar-refractivity contribution in [2.75, 3.05) is 20.1 Å². The third kappa shape index (κ3) is 3.73. The van der Waals surface area contributed by atoms with Crippen molar-refractivity contribution in [2.45, 2.75) is 44.2 Å². The zero-order valence-corrected chi connectivity index (χ0v) is 14.1. The summed E-state index contributed by atoms with van der Waals surface area (Å²) < 4.78 is 0. The van der Waals surface area contributed by atoms with Gasteiger partial charge in [0, 0.05) is 34.2 Å². The number of likely N-dealkylation sites (tertiary alicyclic amines) is 1. The fourth-order valence-electron chi connectivity index (χ4n) is 3.49. The molecule has 2 atom stereocenters. The second-order valence-electron chi connectivity index (χ2n) is 6.50. The molecule has 4 heteroatoms. The number of benzene rings is 1. The lowest BCUT2D eigenvalue weighted by Crippen LogP contribution is -2.35. The Hall–Kier alpha value is -0.280. The van der Waals surface area contributed by atoms with Gasteiger partial charge in [0.05, 0.1) is 0 Å². The van der Waals surface area contributed by atoms with E-state index in [1.54, 1.807) is 0 Å². The van der Waals surface area contributed by atoms with Crippen LogP contribution in [0.1, 0.15) is 43.7 Å². The van der Waals surface area contributed by atoms with Crippen molar-refractivity contribution in [2.24, 2.45) is 5.92 Å². The third-order valence-electron chi connectivity index (χ3n) is 4.80. The second kappa shape index (κ2) is 6.87. The molecule has 2 unspecified atom stereocenters. The van der Waals surface area contributed by atoms with Crippen LogP contribution in [-0.2, 0) is 0 Å². The predicted molar refractivity (Wildman–Crippen MR) is 90.2 cm³/mol. The van der Waals surface area contributed by atoms with E-state index in [0.29, 0.717) is 12.0 Å². The molecule has 3 rings (SSSR count). The molecule has 0 spiro atoms. The first-order valence-electron chi connectivity index (χ1n) is 8.04. The fourth-order valence-corrected chi connectivity index (χ4v) is 4.11. The van der Waals surface area contributed by atoms with Gasteiger partial charge in [0.15, 0.2) is 0 Å². The maximum absolute atomic E-state index is 6.49. The van der Waals surface area contributed by atoms with Crippen LogP contribution in [0.5, 0.6) is 0 Å². The second-order valence-corrected chi connectivity index (χ2v) is 7.31.